The van der Waals surface area contributed by atoms with E-state index >= 15 is 0 Å². The van der Waals surface area contributed by atoms with Crippen LogP contribution in [-0.2, 0) is 6.42 Å². The molecule has 1 N–H and O–H groups in total. The zero-order valence-electron chi connectivity index (χ0n) is 13.8. The van der Waals surface area contributed by atoms with Crippen LogP contribution in [0.15, 0.2) is 79.0 Å². The number of aliphatic hydroxyl groups is 1. The second kappa shape index (κ2) is 6.91. The predicted octanol–water partition coefficient (Wildman–Crippen LogP) is 4.37. The van der Waals surface area contributed by atoms with Gasteiger partial charge in [0.25, 0.3) is 0 Å². The molecule has 0 bridgehead atoms. The van der Waals surface area contributed by atoms with Gasteiger partial charge in [-0.2, -0.15) is 0 Å². The Bertz CT molecular complexity index is 998. The van der Waals surface area contributed by atoms with Gasteiger partial charge in [-0.25, -0.2) is 0 Å². The molecule has 3 nitrogen and oxygen atoms in total. The summed E-state index contributed by atoms with van der Waals surface area (Å²) in [5, 5.41) is 13.8. The molecular weight excluding hydrogens is 310 g/mol. The Kier molecular flexibility index (Phi) is 4.32. The van der Waals surface area contributed by atoms with E-state index in [2.05, 4.69) is 35.3 Å². The summed E-state index contributed by atoms with van der Waals surface area (Å²) in [5.74, 6) is 0.770. The zero-order chi connectivity index (χ0) is 17.1. The summed E-state index contributed by atoms with van der Waals surface area (Å²) in [6.07, 6.45) is 1.76. The first-order chi connectivity index (χ1) is 12.3. The standard InChI is InChI=1S/C22H19NO2/c24-19(15-25-20-9-2-1-3-10-20)14-18-7-4-6-16-11-12-17-8-5-13-23-22(17)21(16)18/h1-13,19,24H,14-15H2. The number of aliphatic hydroxyl groups excluding tert-OH is 1. The van der Waals surface area contributed by atoms with E-state index in [9.17, 15) is 5.11 Å². The maximum atomic E-state index is 10.5. The third-order valence-electron chi connectivity index (χ3n) is 4.34. The molecule has 0 saturated carbocycles. The fraction of sp³-hybridized carbons (Fsp3) is 0.136. The SMILES string of the molecule is OC(COc1ccccc1)Cc1cccc2ccc3cccnc3c12. The van der Waals surface area contributed by atoms with Crippen molar-refractivity contribution >= 4 is 21.7 Å². The monoisotopic (exact) mass is 329 g/mol. The summed E-state index contributed by atoms with van der Waals surface area (Å²) < 4.78 is 5.67. The molecule has 3 aromatic carbocycles. The topological polar surface area (TPSA) is 42.4 Å². The van der Waals surface area contributed by atoms with Gasteiger partial charge in [-0.1, -0.05) is 54.6 Å². The molecule has 0 radical (unpaired) electrons. The van der Waals surface area contributed by atoms with Gasteiger partial charge >= 0.3 is 0 Å². The van der Waals surface area contributed by atoms with Crippen molar-refractivity contribution in [2.75, 3.05) is 6.61 Å². The molecule has 0 amide bonds. The number of benzene rings is 3. The lowest BCUT2D eigenvalue weighted by Gasteiger charge is -2.15. The van der Waals surface area contributed by atoms with E-state index < -0.39 is 6.10 Å². The van der Waals surface area contributed by atoms with Gasteiger partial charge in [0, 0.05) is 23.4 Å². The van der Waals surface area contributed by atoms with E-state index in [1.54, 1.807) is 0 Å². The van der Waals surface area contributed by atoms with Crippen molar-refractivity contribution in [3.63, 3.8) is 0 Å². The van der Waals surface area contributed by atoms with Crippen LogP contribution in [-0.4, -0.2) is 22.8 Å². The number of hydrogen-bond donors (Lipinski definition) is 1. The number of ether oxygens (including phenoxy) is 1. The molecule has 0 saturated heterocycles. The minimum atomic E-state index is -0.579. The highest BCUT2D eigenvalue weighted by Crippen LogP contribution is 2.27. The van der Waals surface area contributed by atoms with Gasteiger partial charge < -0.3 is 9.84 Å². The first-order valence-electron chi connectivity index (χ1n) is 8.42. The van der Waals surface area contributed by atoms with Crippen LogP contribution in [0.4, 0.5) is 0 Å². The Hall–Kier alpha value is -2.91. The van der Waals surface area contributed by atoms with Gasteiger partial charge in [-0.3, -0.25) is 4.98 Å². The summed E-state index contributed by atoms with van der Waals surface area (Å²) in [6, 6.07) is 23.9. The predicted molar refractivity (Wildman–Crippen MR) is 101 cm³/mol. The number of fused-ring (bicyclic) bond motifs is 3. The second-order valence-electron chi connectivity index (χ2n) is 6.14. The molecule has 124 valence electrons. The van der Waals surface area contributed by atoms with Crippen molar-refractivity contribution in [2.24, 2.45) is 0 Å². The minimum Gasteiger partial charge on any atom is -0.491 e. The van der Waals surface area contributed by atoms with Crippen molar-refractivity contribution < 1.29 is 9.84 Å². The summed E-state index contributed by atoms with van der Waals surface area (Å²) in [6.45, 7) is 0.262. The molecule has 4 aromatic rings. The van der Waals surface area contributed by atoms with Gasteiger partial charge in [0.05, 0.1) is 11.6 Å². The number of pyridine rings is 1. The van der Waals surface area contributed by atoms with Crippen molar-refractivity contribution in [1.82, 2.24) is 4.98 Å². The molecular formula is C22H19NO2. The normalized spacial score (nSPS) is 12.4. The molecule has 0 aliphatic carbocycles. The lowest BCUT2D eigenvalue weighted by molar-refractivity contribution is 0.108. The minimum absolute atomic E-state index is 0.262. The first-order valence-corrected chi connectivity index (χ1v) is 8.42. The summed E-state index contributed by atoms with van der Waals surface area (Å²) in [5.41, 5.74) is 2.07. The average Bonchev–Trinajstić information content (AvgIpc) is 2.67. The largest absolute Gasteiger partial charge is 0.491 e. The van der Waals surface area contributed by atoms with Crippen LogP contribution in [0, 0.1) is 0 Å². The third-order valence-corrected chi connectivity index (χ3v) is 4.34. The van der Waals surface area contributed by atoms with Gasteiger partial charge in [-0.05, 0) is 29.1 Å². The quantitative estimate of drug-likeness (QED) is 0.553. The van der Waals surface area contributed by atoms with Crippen LogP contribution in [0.25, 0.3) is 21.7 Å². The third kappa shape index (κ3) is 3.32. The van der Waals surface area contributed by atoms with E-state index in [-0.39, 0.29) is 6.61 Å². The van der Waals surface area contributed by atoms with Crippen LogP contribution in [0.3, 0.4) is 0 Å². The molecule has 1 heterocycles. The molecule has 0 fully saturated rings. The van der Waals surface area contributed by atoms with Gasteiger partial charge in [0.2, 0.25) is 0 Å². The van der Waals surface area contributed by atoms with Gasteiger partial charge in [0.15, 0.2) is 0 Å². The molecule has 25 heavy (non-hydrogen) atoms. The fourth-order valence-electron chi connectivity index (χ4n) is 3.18. The summed E-state index contributed by atoms with van der Waals surface area (Å²) in [4.78, 5) is 4.56. The van der Waals surface area contributed by atoms with E-state index in [1.165, 1.54) is 0 Å². The lowest BCUT2D eigenvalue weighted by atomic mass is 9.97. The molecule has 3 heteroatoms. The highest BCUT2D eigenvalue weighted by Gasteiger charge is 2.12. The van der Waals surface area contributed by atoms with Crippen molar-refractivity contribution in [3.8, 4) is 5.75 Å². The number of para-hydroxylation sites is 1. The molecule has 0 aliphatic rings. The van der Waals surface area contributed by atoms with Crippen LogP contribution in [0.1, 0.15) is 5.56 Å². The number of hydrogen-bond acceptors (Lipinski definition) is 3. The van der Waals surface area contributed by atoms with Crippen molar-refractivity contribution in [3.05, 3.63) is 84.6 Å². The summed E-state index contributed by atoms with van der Waals surface area (Å²) in [7, 11) is 0. The Morgan fingerprint density at radius 1 is 0.840 bits per heavy atom. The van der Waals surface area contributed by atoms with Crippen molar-refractivity contribution in [1.29, 1.82) is 0 Å². The highest BCUT2D eigenvalue weighted by atomic mass is 16.5. The first kappa shape index (κ1) is 15.6. The van der Waals surface area contributed by atoms with Crippen LogP contribution < -0.4 is 4.74 Å². The Morgan fingerprint density at radius 2 is 1.64 bits per heavy atom. The average molecular weight is 329 g/mol. The number of nitrogens with zero attached hydrogens (tertiary/aromatic N) is 1. The van der Waals surface area contributed by atoms with Crippen LogP contribution in [0.5, 0.6) is 5.75 Å². The van der Waals surface area contributed by atoms with Crippen molar-refractivity contribution in [2.45, 2.75) is 12.5 Å². The van der Waals surface area contributed by atoms with E-state index in [1.807, 2.05) is 48.7 Å². The van der Waals surface area contributed by atoms with E-state index in [0.29, 0.717) is 6.42 Å². The molecule has 1 atom stereocenters. The Balaban J connectivity index is 1.61. The molecule has 0 spiro atoms. The lowest BCUT2D eigenvalue weighted by Crippen LogP contribution is -2.20. The fourth-order valence-corrected chi connectivity index (χ4v) is 3.18. The smallest absolute Gasteiger partial charge is 0.119 e. The van der Waals surface area contributed by atoms with Gasteiger partial charge in [0.1, 0.15) is 12.4 Å². The zero-order valence-corrected chi connectivity index (χ0v) is 13.8. The van der Waals surface area contributed by atoms with Gasteiger partial charge in [-0.15, -0.1) is 0 Å². The summed E-state index contributed by atoms with van der Waals surface area (Å²) >= 11 is 0. The number of aromatic nitrogens is 1. The Morgan fingerprint density at radius 3 is 2.52 bits per heavy atom. The molecule has 4 rings (SSSR count). The van der Waals surface area contributed by atoms with Crippen LogP contribution >= 0.6 is 0 Å². The molecule has 1 aromatic heterocycles. The molecule has 0 aliphatic heterocycles. The van der Waals surface area contributed by atoms with Crippen LogP contribution in [0.2, 0.25) is 0 Å². The maximum Gasteiger partial charge on any atom is 0.119 e. The number of rotatable bonds is 5. The van der Waals surface area contributed by atoms with E-state index in [4.69, 9.17) is 4.74 Å². The second-order valence-corrected chi connectivity index (χ2v) is 6.14. The Labute approximate surface area is 146 Å². The highest BCUT2D eigenvalue weighted by molar-refractivity contribution is 6.06. The maximum absolute atomic E-state index is 10.5. The van der Waals surface area contributed by atoms with E-state index in [0.717, 1.165) is 33.0 Å². The molecule has 1 unspecified atom stereocenters.